The van der Waals surface area contributed by atoms with Gasteiger partial charge in [0.15, 0.2) is 0 Å². The standard InChI is InChI=1S/C28H32N2O4S/c1-4-28(5-2)19-24(22-15-10-12-18-26(22)34-28)29-27(31)23-16-9-11-17-25(23)30(35(3,32)33)20-21-13-7-6-8-14-21/h6-18,24H,4-5,19-20H2,1-3H3,(H,29,31)/t24-/m0/s1. The minimum atomic E-state index is -3.65. The molecule has 0 saturated carbocycles. The van der Waals surface area contributed by atoms with E-state index in [0.29, 0.717) is 17.7 Å². The SMILES string of the molecule is CCC1(CC)C[C@H](NC(=O)c2ccccc2N(Cc2ccccc2)S(C)(=O)=O)c2ccccc2O1. The second-order valence-electron chi connectivity index (χ2n) is 9.03. The molecule has 1 amide bonds. The molecule has 1 aliphatic rings. The fourth-order valence-electron chi connectivity index (χ4n) is 4.68. The summed E-state index contributed by atoms with van der Waals surface area (Å²) in [5.74, 6) is 0.466. The molecule has 3 aromatic rings. The summed E-state index contributed by atoms with van der Waals surface area (Å²) in [6, 6.07) is 23.7. The van der Waals surface area contributed by atoms with Crippen LogP contribution in [0.2, 0.25) is 0 Å². The van der Waals surface area contributed by atoms with Crippen molar-refractivity contribution in [1.29, 1.82) is 0 Å². The molecule has 1 atom stereocenters. The number of sulfonamides is 1. The summed E-state index contributed by atoms with van der Waals surface area (Å²) in [5.41, 5.74) is 2.07. The van der Waals surface area contributed by atoms with Gasteiger partial charge in [-0.25, -0.2) is 8.42 Å². The zero-order valence-corrected chi connectivity index (χ0v) is 21.2. The summed E-state index contributed by atoms with van der Waals surface area (Å²) in [5, 5.41) is 3.18. The second-order valence-corrected chi connectivity index (χ2v) is 10.9. The van der Waals surface area contributed by atoms with Crippen molar-refractivity contribution in [3.05, 3.63) is 95.6 Å². The monoisotopic (exact) mass is 492 g/mol. The number of amides is 1. The Morgan fingerprint density at radius 2 is 1.60 bits per heavy atom. The molecule has 0 spiro atoms. The van der Waals surface area contributed by atoms with E-state index in [0.717, 1.165) is 36.0 Å². The zero-order valence-electron chi connectivity index (χ0n) is 20.4. The van der Waals surface area contributed by atoms with E-state index < -0.39 is 10.0 Å². The average Bonchev–Trinajstić information content (AvgIpc) is 2.87. The van der Waals surface area contributed by atoms with Gasteiger partial charge in [-0.3, -0.25) is 9.10 Å². The Balaban J connectivity index is 1.68. The van der Waals surface area contributed by atoms with Gasteiger partial charge in [0.2, 0.25) is 10.0 Å². The van der Waals surface area contributed by atoms with E-state index in [1.54, 1.807) is 24.3 Å². The normalized spacial score (nSPS) is 16.6. The molecule has 0 aromatic heterocycles. The first-order valence-corrected chi connectivity index (χ1v) is 13.8. The molecule has 3 aromatic carbocycles. The topological polar surface area (TPSA) is 75.7 Å². The minimum absolute atomic E-state index is 0.138. The molecule has 7 heteroatoms. The average molecular weight is 493 g/mol. The van der Waals surface area contributed by atoms with Crippen molar-refractivity contribution < 1.29 is 17.9 Å². The highest BCUT2D eigenvalue weighted by Gasteiger charge is 2.39. The number of carbonyl (C=O) groups excluding carboxylic acids is 1. The third-order valence-electron chi connectivity index (χ3n) is 6.78. The first kappa shape index (κ1) is 24.8. The fraction of sp³-hybridized carbons (Fsp3) is 0.321. The Morgan fingerprint density at radius 1 is 0.971 bits per heavy atom. The lowest BCUT2D eigenvalue weighted by molar-refractivity contribution is 0.0227. The van der Waals surface area contributed by atoms with Crippen molar-refractivity contribution >= 4 is 21.6 Å². The van der Waals surface area contributed by atoms with Crippen LogP contribution in [0.5, 0.6) is 5.75 Å². The van der Waals surface area contributed by atoms with Crippen LogP contribution in [0.15, 0.2) is 78.9 Å². The van der Waals surface area contributed by atoms with E-state index in [2.05, 4.69) is 19.2 Å². The van der Waals surface area contributed by atoms with Crippen LogP contribution in [0.1, 0.15) is 60.6 Å². The Kier molecular flexibility index (Phi) is 7.17. The predicted molar refractivity (Wildman–Crippen MR) is 139 cm³/mol. The number of rotatable bonds is 8. The molecular weight excluding hydrogens is 460 g/mol. The Labute approximate surface area is 208 Å². The van der Waals surface area contributed by atoms with E-state index in [4.69, 9.17) is 4.74 Å². The first-order chi connectivity index (χ1) is 16.8. The molecule has 0 aliphatic carbocycles. The van der Waals surface area contributed by atoms with Crippen LogP contribution < -0.4 is 14.4 Å². The molecule has 0 fully saturated rings. The van der Waals surface area contributed by atoms with Gasteiger partial charge in [0, 0.05) is 12.0 Å². The Hall–Kier alpha value is -3.32. The molecule has 1 aliphatic heterocycles. The summed E-state index contributed by atoms with van der Waals surface area (Å²) in [6.45, 7) is 4.33. The second kappa shape index (κ2) is 10.1. The molecule has 6 nitrogen and oxygen atoms in total. The van der Waals surface area contributed by atoms with Gasteiger partial charge in [-0.05, 0) is 36.6 Å². The number of para-hydroxylation sites is 2. The minimum Gasteiger partial charge on any atom is -0.487 e. The number of ether oxygens (including phenoxy) is 1. The summed E-state index contributed by atoms with van der Waals surface area (Å²) >= 11 is 0. The third kappa shape index (κ3) is 5.35. The lowest BCUT2D eigenvalue weighted by atomic mass is 9.83. The van der Waals surface area contributed by atoms with E-state index in [1.165, 1.54) is 4.31 Å². The van der Waals surface area contributed by atoms with Crippen molar-refractivity contribution in [3.8, 4) is 5.75 Å². The van der Waals surface area contributed by atoms with Crippen LogP contribution in [0.25, 0.3) is 0 Å². The first-order valence-electron chi connectivity index (χ1n) is 12.0. The van der Waals surface area contributed by atoms with Crippen LogP contribution in [-0.4, -0.2) is 26.2 Å². The van der Waals surface area contributed by atoms with Crippen LogP contribution in [0.4, 0.5) is 5.69 Å². The van der Waals surface area contributed by atoms with E-state index in [-0.39, 0.29) is 24.1 Å². The number of nitrogens with zero attached hydrogens (tertiary/aromatic N) is 1. The Morgan fingerprint density at radius 3 is 2.29 bits per heavy atom. The quantitative estimate of drug-likeness (QED) is 0.453. The zero-order chi connectivity index (χ0) is 25.1. The summed E-state index contributed by atoms with van der Waals surface area (Å²) in [7, 11) is -3.65. The molecule has 1 heterocycles. The highest BCUT2D eigenvalue weighted by atomic mass is 32.2. The number of nitrogens with one attached hydrogen (secondary N) is 1. The van der Waals surface area contributed by atoms with Crippen molar-refractivity contribution in [2.45, 2.75) is 51.3 Å². The Bertz CT molecular complexity index is 1290. The lowest BCUT2D eigenvalue weighted by Crippen LogP contribution is -2.44. The van der Waals surface area contributed by atoms with Gasteiger partial charge in [0.25, 0.3) is 5.91 Å². The maximum atomic E-state index is 13.6. The number of hydrogen-bond donors (Lipinski definition) is 1. The molecule has 4 rings (SSSR count). The van der Waals surface area contributed by atoms with Crippen molar-refractivity contribution in [3.63, 3.8) is 0 Å². The predicted octanol–water partition coefficient (Wildman–Crippen LogP) is 5.47. The molecule has 1 N–H and O–H groups in total. The number of carbonyl (C=O) groups is 1. The number of benzene rings is 3. The summed E-state index contributed by atoms with van der Waals surface area (Å²) in [6.07, 6.45) is 3.44. The highest BCUT2D eigenvalue weighted by Crippen LogP contribution is 2.43. The van der Waals surface area contributed by atoms with Gasteiger partial charge >= 0.3 is 0 Å². The molecule has 0 radical (unpaired) electrons. The fourth-order valence-corrected chi connectivity index (χ4v) is 5.58. The number of hydrogen-bond acceptors (Lipinski definition) is 4. The summed E-state index contributed by atoms with van der Waals surface area (Å²) in [4.78, 5) is 13.6. The molecule has 35 heavy (non-hydrogen) atoms. The number of fused-ring (bicyclic) bond motifs is 1. The van der Waals surface area contributed by atoms with Crippen LogP contribution >= 0.6 is 0 Å². The molecule has 0 bridgehead atoms. The molecule has 184 valence electrons. The third-order valence-corrected chi connectivity index (χ3v) is 7.90. The molecule has 0 saturated heterocycles. The maximum absolute atomic E-state index is 13.6. The van der Waals surface area contributed by atoms with E-state index in [1.807, 2.05) is 54.6 Å². The van der Waals surface area contributed by atoms with Gasteiger partial charge in [-0.15, -0.1) is 0 Å². The van der Waals surface area contributed by atoms with Gasteiger partial charge in [-0.1, -0.05) is 74.5 Å². The smallest absolute Gasteiger partial charge is 0.253 e. The van der Waals surface area contributed by atoms with Gasteiger partial charge in [0.1, 0.15) is 11.4 Å². The van der Waals surface area contributed by atoms with Crippen LogP contribution in [0, 0.1) is 0 Å². The van der Waals surface area contributed by atoms with Crippen molar-refractivity contribution in [1.82, 2.24) is 5.32 Å². The van der Waals surface area contributed by atoms with Gasteiger partial charge < -0.3 is 10.1 Å². The number of anilines is 1. The van der Waals surface area contributed by atoms with Crippen molar-refractivity contribution in [2.24, 2.45) is 0 Å². The van der Waals surface area contributed by atoms with Crippen molar-refractivity contribution in [2.75, 3.05) is 10.6 Å². The van der Waals surface area contributed by atoms with Crippen LogP contribution in [0.3, 0.4) is 0 Å². The molecular formula is C28H32N2O4S. The van der Waals surface area contributed by atoms with Gasteiger partial charge in [-0.2, -0.15) is 0 Å². The lowest BCUT2D eigenvalue weighted by Gasteiger charge is -2.41. The van der Waals surface area contributed by atoms with Gasteiger partial charge in [0.05, 0.1) is 30.1 Å². The van der Waals surface area contributed by atoms with E-state index in [9.17, 15) is 13.2 Å². The highest BCUT2D eigenvalue weighted by molar-refractivity contribution is 7.92. The largest absolute Gasteiger partial charge is 0.487 e. The van der Waals surface area contributed by atoms with E-state index >= 15 is 0 Å². The maximum Gasteiger partial charge on any atom is 0.253 e. The van der Waals surface area contributed by atoms with Crippen LogP contribution in [-0.2, 0) is 16.6 Å². The summed E-state index contributed by atoms with van der Waals surface area (Å²) < 4.78 is 33.3. The molecule has 0 unspecified atom stereocenters.